The molecule has 25 heavy (non-hydrogen) atoms. The summed E-state index contributed by atoms with van der Waals surface area (Å²) >= 11 is 0. The van der Waals surface area contributed by atoms with Gasteiger partial charge in [-0.2, -0.15) is 0 Å². The lowest BCUT2D eigenvalue weighted by molar-refractivity contribution is -0.135. The summed E-state index contributed by atoms with van der Waals surface area (Å²) in [6.07, 6.45) is 1.48. The number of nitrogens with zero attached hydrogens (tertiary/aromatic N) is 2. The average Bonchev–Trinajstić information content (AvgIpc) is 2.61. The highest BCUT2D eigenvalue weighted by atomic mass is 16.5. The van der Waals surface area contributed by atoms with Crippen molar-refractivity contribution in [2.24, 2.45) is 0 Å². The molecule has 0 aromatic heterocycles. The molecule has 0 bridgehead atoms. The van der Waals surface area contributed by atoms with Gasteiger partial charge >= 0.3 is 0 Å². The van der Waals surface area contributed by atoms with Gasteiger partial charge in [0.15, 0.2) is 5.78 Å². The summed E-state index contributed by atoms with van der Waals surface area (Å²) in [5.41, 5.74) is 0.726. The Bertz CT molecular complexity index is 549. The van der Waals surface area contributed by atoms with Gasteiger partial charge in [-0.05, 0) is 20.3 Å². The van der Waals surface area contributed by atoms with E-state index in [4.69, 9.17) is 4.74 Å². The topological polar surface area (TPSA) is 49.9 Å². The van der Waals surface area contributed by atoms with E-state index in [1.807, 2.05) is 35.2 Å². The van der Waals surface area contributed by atoms with Crippen molar-refractivity contribution in [3.8, 4) is 0 Å². The Morgan fingerprint density at radius 1 is 1.08 bits per heavy atom. The summed E-state index contributed by atoms with van der Waals surface area (Å²) < 4.78 is 5.17. The molecule has 0 saturated carbocycles. The number of Topliss-reactive ketones (excluding diaryl/α,β-unsaturated/α-hetero) is 1. The molecule has 2 atom stereocenters. The van der Waals surface area contributed by atoms with Gasteiger partial charge in [0.2, 0.25) is 5.91 Å². The number of piperazine rings is 1. The van der Waals surface area contributed by atoms with Crippen LogP contribution in [0.2, 0.25) is 0 Å². The van der Waals surface area contributed by atoms with E-state index in [0.717, 1.165) is 25.2 Å². The van der Waals surface area contributed by atoms with E-state index >= 15 is 0 Å². The molecule has 5 heteroatoms. The molecule has 1 saturated heterocycles. The van der Waals surface area contributed by atoms with Crippen LogP contribution in [-0.2, 0) is 9.53 Å². The molecule has 2 unspecified atom stereocenters. The highest BCUT2D eigenvalue weighted by Crippen LogP contribution is 2.17. The van der Waals surface area contributed by atoms with Gasteiger partial charge in [-0.1, -0.05) is 30.3 Å². The predicted molar refractivity (Wildman–Crippen MR) is 98.7 cm³/mol. The number of carbonyl (C=O) groups excluding carboxylic acids is 2. The molecule has 1 heterocycles. The van der Waals surface area contributed by atoms with Crippen molar-refractivity contribution in [1.29, 1.82) is 0 Å². The fourth-order valence-electron chi connectivity index (χ4n) is 3.52. The van der Waals surface area contributed by atoms with E-state index in [1.54, 1.807) is 7.11 Å². The monoisotopic (exact) mass is 346 g/mol. The Kier molecular flexibility index (Phi) is 7.59. The third-order valence-electron chi connectivity index (χ3n) is 4.90. The predicted octanol–water partition coefficient (Wildman–Crippen LogP) is 2.61. The van der Waals surface area contributed by atoms with Gasteiger partial charge in [-0.3, -0.25) is 14.5 Å². The van der Waals surface area contributed by atoms with Crippen molar-refractivity contribution in [2.45, 2.75) is 45.2 Å². The first-order valence-electron chi connectivity index (χ1n) is 9.13. The van der Waals surface area contributed by atoms with Crippen molar-refractivity contribution in [3.63, 3.8) is 0 Å². The number of carbonyl (C=O) groups is 2. The number of amides is 1. The minimum absolute atomic E-state index is 0.111. The molecule has 2 rings (SSSR count). The lowest BCUT2D eigenvalue weighted by Crippen LogP contribution is -2.58. The second-order valence-electron chi connectivity index (χ2n) is 6.87. The summed E-state index contributed by atoms with van der Waals surface area (Å²) in [4.78, 5) is 29.0. The van der Waals surface area contributed by atoms with Crippen molar-refractivity contribution in [1.82, 2.24) is 9.80 Å². The summed E-state index contributed by atoms with van der Waals surface area (Å²) in [7, 11) is 1.71. The number of ketones is 1. The highest BCUT2D eigenvalue weighted by Gasteiger charge is 2.31. The standard InChI is InChI=1S/C20H30N2O3/c1-16-14-21(15-17(2)22(16)12-13-25-3)20(24)11-7-10-19(23)18-8-5-4-6-9-18/h4-6,8-9,16-17H,7,10-15H2,1-3H3. The van der Waals surface area contributed by atoms with Crippen LogP contribution < -0.4 is 0 Å². The van der Waals surface area contributed by atoms with Crippen LogP contribution in [0.5, 0.6) is 0 Å². The number of benzene rings is 1. The maximum atomic E-state index is 12.5. The normalized spacial score (nSPS) is 21.3. The Hall–Kier alpha value is -1.72. The van der Waals surface area contributed by atoms with Crippen molar-refractivity contribution >= 4 is 11.7 Å². The van der Waals surface area contributed by atoms with Gasteiger partial charge in [0, 0.05) is 57.2 Å². The number of hydrogen-bond acceptors (Lipinski definition) is 4. The molecule has 1 amide bonds. The van der Waals surface area contributed by atoms with Gasteiger partial charge in [-0.25, -0.2) is 0 Å². The van der Waals surface area contributed by atoms with Crippen LogP contribution in [0.1, 0.15) is 43.5 Å². The minimum Gasteiger partial charge on any atom is -0.383 e. The summed E-state index contributed by atoms with van der Waals surface area (Å²) in [5, 5.41) is 0. The van der Waals surface area contributed by atoms with Crippen LogP contribution in [0.3, 0.4) is 0 Å². The summed E-state index contributed by atoms with van der Waals surface area (Å²) in [5.74, 6) is 0.269. The Labute approximate surface area is 150 Å². The Morgan fingerprint density at radius 2 is 1.72 bits per heavy atom. The number of methoxy groups -OCH3 is 1. The van der Waals surface area contributed by atoms with Crippen LogP contribution in [0.4, 0.5) is 0 Å². The minimum atomic E-state index is 0.111. The molecule has 1 aliphatic rings. The molecule has 0 spiro atoms. The largest absolute Gasteiger partial charge is 0.383 e. The summed E-state index contributed by atoms with van der Waals surface area (Å²) in [6.45, 7) is 7.42. The van der Waals surface area contributed by atoms with Gasteiger partial charge in [0.05, 0.1) is 6.61 Å². The molecule has 1 aromatic rings. The second-order valence-corrected chi connectivity index (χ2v) is 6.87. The number of ether oxygens (including phenoxy) is 1. The lowest BCUT2D eigenvalue weighted by atomic mass is 10.0. The van der Waals surface area contributed by atoms with E-state index in [9.17, 15) is 9.59 Å². The second kappa shape index (κ2) is 9.68. The van der Waals surface area contributed by atoms with E-state index in [0.29, 0.717) is 38.0 Å². The zero-order valence-corrected chi connectivity index (χ0v) is 15.6. The molecular weight excluding hydrogens is 316 g/mol. The fraction of sp³-hybridized carbons (Fsp3) is 0.600. The lowest BCUT2D eigenvalue weighted by Gasteiger charge is -2.44. The molecule has 1 fully saturated rings. The molecule has 1 aliphatic heterocycles. The first kappa shape index (κ1) is 19.6. The molecule has 5 nitrogen and oxygen atoms in total. The number of hydrogen-bond donors (Lipinski definition) is 0. The third-order valence-corrected chi connectivity index (χ3v) is 4.90. The van der Waals surface area contributed by atoms with E-state index < -0.39 is 0 Å². The molecular formula is C20H30N2O3. The molecule has 0 aliphatic carbocycles. The average molecular weight is 346 g/mol. The van der Waals surface area contributed by atoms with Gasteiger partial charge in [0.25, 0.3) is 0 Å². The summed E-state index contributed by atoms with van der Waals surface area (Å²) in [6, 6.07) is 9.94. The molecule has 0 radical (unpaired) electrons. The SMILES string of the molecule is COCCN1C(C)CN(C(=O)CCCC(=O)c2ccccc2)CC1C. The van der Waals surface area contributed by atoms with E-state index in [1.165, 1.54) is 0 Å². The van der Waals surface area contributed by atoms with Crippen molar-refractivity contribution in [3.05, 3.63) is 35.9 Å². The number of rotatable bonds is 8. The van der Waals surface area contributed by atoms with Gasteiger partial charge < -0.3 is 9.64 Å². The highest BCUT2D eigenvalue weighted by molar-refractivity contribution is 5.96. The van der Waals surface area contributed by atoms with E-state index in [2.05, 4.69) is 18.7 Å². The van der Waals surface area contributed by atoms with Crippen molar-refractivity contribution in [2.75, 3.05) is 33.4 Å². The van der Waals surface area contributed by atoms with Crippen molar-refractivity contribution < 1.29 is 14.3 Å². The smallest absolute Gasteiger partial charge is 0.222 e. The van der Waals surface area contributed by atoms with Crippen LogP contribution in [0, 0.1) is 0 Å². The maximum absolute atomic E-state index is 12.5. The Balaban J connectivity index is 1.77. The first-order valence-corrected chi connectivity index (χ1v) is 9.13. The quantitative estimate of drug-likeness (QED) is 0.679. The van der Waals surface area contributed by atoms with Crippen LogP contribution in [0.15, 0.2) is 30.3 Å². The molecule has 0 N–H and O–H groups in total. The van der Waals surface area contributed by atoms with Gasteiger partial charge in [0.1, 0.15) is 0 Å². The third kappa shape index (κ3) is 5.65. The van der Waals surface area contributed by atoms with E-state index in [-0.39, 0.29) is 11.7 Å². The first-order chi connectivity index (χ1) is 12.0. The van der Waals surface area contributed by atoms with Crippen LogP contribution in [0.25, 0.3) is 0 Å². The Morgan fingerprint density at radius 3 is 2.32 bits per heavy atom. The molecule has 138 valence electrons. The molecule has 1 aromatic carbocycles. The fourth-order valence-corrected chi connectivity index (χ4v) is 3.52. The zero-order valence-electron chi connectivity index (χ0n) is 15.6. The maximum Gasteiger partial charge on any atom is 0.222 e. The zero-order chi connectivity index (χ0) is 18.2. The van der Waals surface area contributed by atoms with Gasteiger partial charge in [-0.15, -0.1) is 0 Å². The van der Waals surface area contributed by atoms with Crippen LogP contribution >= 0.6 is 0 Å². The van der Waals surface area contributed by atoms with Crippen LogP contribution in [-0.4, -0.2) is 66.9 Å².